The Labute approximate surface area is 260 Å². The van der Waals surface area contributed by atoms with Crippen LogP contribution in [0.15, 0.2) is 73.4 Å². The van der Waals surface area contributed by atoms with E-state index in [9.17, 15) is 0 Å². The molecule has 41 heavy (non-hydrogen) atoms. The molecule has 0 atom stereocenters. The molecule has 0 amide bonds. The van der Waals surface area contributed by atoms with Gasteiger partial charge in [0, 0.05) is 36.7 Å². The quantitative estimate of drug-likeness (QED) is 0.291. The van der Waals surface area contributed by atoms with Crippen LogP contribution >= 0.6 is 0 Å². The fourth-order valence-corrected chi connectivity index (χ4v) is 2.38. The normalized spacial score (nSPS) is 8.71. The summed E-state index contributed by atoms with van der Waals surface area (Å²) >= 11 is 0. The van der Waals surface area contributed by atoms with Gasteiger partial charge in [0.15, 0.2) is 0 Å². The molecule has 0 aliphatic rings. The zero-order valence-corrected chi connectivity index (χ0v) is 31.3. The number of hydrogen-bond donors (Lipinski definition) is 0. The lowest BCUT2D eigenvalue weighted by Gasteiger charge is -2.17. The molecule has 0 spiro atoms. The number of rotatable bonds is 1. The molecule has 0 aromatic carbocycles. The fraction of sp³-hybridized carbons (Fsp3) is 0.605. The van der Waals surface area contributed by atoms with Crippen LogP contribution in [0.3, 0.4) is 0 Å². The van der Waals surface area contributed by atoms with Crippen molar-refractivity contribution < 1.29 is 0 Å². The predicted molar refractivity (Wildman–Crippen MR) is 192 cm³/mol. The summed E-state index contributed by atoms with van der Waals surface area (Å²) in [5.41, 5.74) is 4.27. The summed E-state index contributed by atoms with van der Waals surface area (Å²) < 4.78 is 0. The Hall–Kier alpha value is -2.55. The molecule has 0 aliphatic carbocycles. The maximum absolute atomic E-state index is 4.18. The summed E-state index contributed by atoms with van der Waals surface area (Å²) in [6.07, 6.45) is 9.21. The van der Waals surface area contributed by atoms with E-state index in [1.165, 1.54) is 11.1 Å². The first kappa shape index (κ1) is 51.2. The van der Waals surface area contributed by atoms with E-state index in [-0.39, 0.29) is 10.8 Å². The van der Waals surface area contributed by atoms with Gasteiger partial charge in [-0.25, -0.2) is 0 Å². The third-order valence-corrected chi connectivity index (χ3v) is 4.35. The second-order valence-corrected chi connectivity index (χ2v) is 9.39. The zero-order valence-electron chi connectivity index (χ0n) is 31.3. The van der Waals surface area contributed by atoms with Crippen LogP contribution in [0.25, 0.3) is 0 Å². The molecule has 240 valence electrons. The number of hydrogen-bond acceptors (Lipinski definition) is 3. The van der Waals surface area contributed by atoms with Crippen LogP contribution in [0, 0.1) is 0 Å². The van der Waals surface area contributed by atoms with Crippen molar-refractivity contribution in [3.05, 3.63) is 90.3 Å². The Balaban J connectivity index is -0.0000000945. The fourth-order valence-electron chi connectivity index (χ4n) is 2.38. The molecule has 3 heterocycles. The van der Waals surface area contributed by atoms with Crippen LogP contribution in [0.1, 0.15) is 161 Å². The summed E-state index contributed by atoms with van der Waals surface area (Å²) in [5, 5.41) is 0. The van der Waals surface area contributed by atoms with Crippen molar-refractivity contribution in [3.63, 3.8) is 0 Å². The SMILES string of the molecule is CC.CC.CC.CC.CC.CC.CC(C)(C)c1cccnc1.CC(C)(C)c1ccncc1.CC(C)c1ccccn1. The molecule has 0 saturated carbocycles. The van der Waals surface area contributed by atoms with E-state index in [1.807, 2.05) is 132 Å². The molecule has 3 rings (SSSR count). The Morgan fingerprint density at radius 1 is 0.463 bits per heavy atom. The largest absolute Gasteiger partial charge is 0.265 e. The molecule has 3 aromatic heterocycles. The standard InChI is InChI=1S/2C9H13N.C8H11N.6C2H6/c1-9(2,3)8-4-6-10-7-5-8;1-9(2,3)8-5-4-6-10-7-8;1-7(2)8-5-3-4-6-9-8;6*1-2/h2*4-7H,1-3H3;3-7H,1-2H3;6*1-2H3. The summed E-state index contributed by atoms with van der Waals surface area (Å²) in [4.78, 5) is 12.2. The minimum Gasteiger partial charge on any atom is -0.265 e. The van der Waals surface area contributed by atoms with Gasteiger partial charge in [0.1, 0.15) is 0 Å². The average molecular weight is 572 g/mol. The van der Waals surface area contributed by atoms with Crippen LogP contribution in [0.5, 0.6) is 0 Å². The number of nitrogens with zero attached hydrogens (tertiary/aromatic N) is 3. The predicted octanol–water partition coefficient (Wildman–Crippen LogP) is 13.1. The van der Waals surface area contributed by atoms with E-state index >= 15 is 0 Å². The Kier molecular flexibility index (Phi) is 46.8. The number of pyridine rings is 3. The topological polar surface area (TPSA) is 38.7 Å². The van der Waals surface area contributed by atoms with Gasteiger partial charge in [-0.2, -0.15) is 0 Å². The minimum atomic E-state index is 0.230. The maximum Gasteiger partial charge on any atom is 0.0428 e. The van der Waals surface area contributed by atoms with Gasteiger partial charge >= 0.3 is 0 Å². The molecule has 3 nitrogen and oxygen atoms in total. The lowest BCUT2D eigenvalue weighted by Crippen LogP contribution is -2.10. The van der Waals surface area contributed by atoms with E-state index in [1.54, 1.807) is 6.20 Å². The van der Waals surface area contributed by atoms with Crippen molar-refractivity contribution in [1.29, 1.82) is 0 Å². The third-order valence-electron chi connectivity index (χ3n) is 4.35. The van der Waals surface area contributed by atoms with Gasteiger partial charge in [-0.05, 0) is 58.2 Å². The molecule has 0 radical (unpaired) electrons. The zero-order chi connectivity index (χ0) is 33.9. The molecule has 0 unspecified atom stereocenters. The van der Waals surface area contributed by atoms with Crippen LogP contribution in [-0.2, 0) is 10.8 Å². The first-order valence-electron chi connectivity index (χ1n) is 16.2. The van der Waals surface area contributed by atoms with Crippen molar-refractivity contribution >= 4 is 0 Å². The molecule has 0 aliphatic heterocycles. The average Bonchev–Trinajstić information content (AvgIpc) is 3.04. The third kappa shape index (κ3) is 33.6. The van der Waals surface area contributed by atoms with Crippen molar-refractivity contribution in [1.82, 2.24) is 15.0 Å². The van der Waals surface area contributed by atoms with Gasteiger partial charge in [-0.15, -0.1) is 0 Å². The Morgan fingerprint density at radius 2 is 0.902 bits per heavy atom. The van der Waals surface area contributed by atoms with E-state index in [4.69, 9.17) is 0 Å². The molecule has 3 aromatic rings. The Bertz CT molecular complexity index is 736. The molecule has 0 N–H and O–H groups in total. The lowest BCUT2D eigenvalue weighted by molar-refractivity contribution is 0.587. The van der Waals surface area contributed by atoms with Gasteiger partial charge in [0.25, 0.3) is 0 Å². The monoisotopic (exact) mass is 572 g/mol. The van der Waals surface area contributed by atoms with Crippen molar-refractivity contribution in [2.24, 2.45) is 0 Å². The molecular formula is C38H73N3. The van der Waals surface area contributed by atoms with Gasteiger partial charge in [0.2, 0.25) is 0 Å². The minimum absolute atomic E-state index is 0.230. The maximum atomic E-state index is 4.18. The van der Waals surface area contributed by atoms with Crippen LogP contribution in [0.2, 0.25) is 0 Å². The van der Waals surface area contributed by atoms with Gasteiger partial charge in [-0.3, -0.25) is 15.0 Å². The Morgan fingerprint density at radius 3 is 1.12 bits per heavy atom. The summed E-state index contributed by atoms with van der Waals surface area (Å²) in [6.45, 7) is 41.4. The second kappa shape index (κ2) is 37.5. The molecular weight excluding hydrogens is 498 g/mol. The second-order valence-electron chi connectivity index (χ2n) is 9.39. The van der Waals surface area contributed by atoms with Gasteiger partial charge in [0.05, 0.1) is 0 Å². The van der Waals surface area contributed by atoms with E-state index in [0.29, 0.717) is 5.92 Å². The molecule has 3 heteroatoms. The summed E-state index contributed by atoms with van der Waals surface area (Å²) in [5.74, 6) is 0.547. The highest BCUT2D eigenvalue weighted by Crippen LogP contribution is 2.20. The van der Waals surface area contributed by atoms with Crippen LogP contribution < -0.4 is 0 Å². The highest BCUT2D eigenvalue weighted by Gasteiger charge is 2.12. The van der Waals surface area contributed by atoms with Crippen LogP contribution in [0.4, 0.5) is 0 Å². The lowest BCUT2D eigenvalue weighted by atomic mass is 9.88. The summed E-state index contributed by atoms with van der Waals surface area (Å²) in [7, 11) is 0. The first-order chi connectivity index (χ1) is 19.5. The smallest absolute Gasteiger partial charge is 0.0428 e. The first-order valence-corrected chi connectivity index (χ1v) is 16.2. The van der Waals surface area contributed by atoms with Crippen molar-refractivity contribution in [2.75, 3.05) is 0 Å². The highest BCUT2D eigenvalue weighted by atomic mass is 14.7. The van der Waals surface area contributed by atoms with Crippen molar-refractivity contribution in [3.8, 4) is 0 Å². The molecule has 0 bridgehead atoms. The highest BCUT2D eigenvalue weighted by molar-refractivity contribution is 5.19. The van der Waals surface area contributed by atoms with E-state index in [0.717, 1.165) is 5.69 Å². The van der Waals surface area contributed by atoms with Crippen molar-refractivity contribution in [2.45, 2.75) is 155 Å². The van der Waals surface area contributed by atoms with E-state index < -0.39 is 0 Å². The summed E-state index contributed by atoms with van der Waals surface area (Å²) in [6, 6.07) is 14.2. The molecule has 0 saturated heterocycles. The van der Waals surface area contributed by atoms with Gasteiger partial charge < -0.3 is 0 Å². The number of aromatic nitrogens is 3. The van der Waals surface area contributed by atoms with E-state index in [2.05, 4.69) is 88.5 Å². The van der Waals surface area contributed by atoms with Gasteiger partial charge in [-0.1, -0.05) is 151 Å². The molecule has 0 fully saturated rings. The van der Waals surface area contributed by atoms with Crippen LogP contribution in [-0.4, -0.2) is 15.0 Å².